The molecule has 0 heterocycles. The average molecular weight is 537 g/mol. The van der Waals surface area contributed by atoms with Crippen molar-refractivity contribution >= 4 is 17.1 Å². The lowest BCUT2D eigenvalue weighted by Gasteiger charge is -2.43. The van der Waals surface area contributed by atoms with E-state index in [0.717, 1.165) is 25.7 Å². The molecule has 0 amide bonds. The molecular formula is C39H40N2. The van der Waals surface area contributed by atoms with E-state index in [0.29, 0.717) is 5.92 Å². The molecule has 206 valence electrons. The van der Waals surface area contributed by atoms with Gasteiger partial charge in [0.2, 0.25) is 0 Å². The van der Waals surface area contributed by atoms with E-state index in [1.54, 1.807) is 0 Å². The van der Waals surface area contributed by atoms with Crippen LogP contribution in [0.2, 0.25) is 0 Å². The summed E-state index contributed by atoms with van der Waals surface area (Å²) in [6.07, 6.45) is 24.5. The van der Waals surface area contributed by atoms with Crippen LogP contribution in [0.1, 0.15) is 46.5 Å². The zero-order valence-electron chi connectivity index (χ0n) is 24.5. The maximum atomic E-state index is 2.48. The summed E-state index contributed by atoms with van der Waals surface area (Å²) in [5, 5.41) is 0. The van der Waals surface area contributed by atoms with Crippen molar-refractivity contribution in [3.8, 4) is 11.1 Å². The third-order valence-corrected chi connectivity index (χ3v) is 8.41. The highest BCUT2D eigenvalue weighted by Crippen LogP contribution is 2.40. The van der Waals surface area contributed by atoms with Crippen LogP contribution in [-0.4, -0.2) is 5.54 Å². The Morgan fingerprint density at radius 1 is 0.707 bits per heavy atom. The Morgan fingerprint density at radius 2 is 1.37 bits per heavy atom. The summed E-state index contributed by atoms with van der Waals surface area (Å²) in [5.41, 5.74) is 10.1. The van der Waals surface area contributed by atoms with Gasteiger partial charge in [-0.15, -0.1) is 0 Å². The molecule has 3 aromatic rings. The van der Waals surface area contributed by atoms with Crippen LogP contribution in [0.15, 0.2) is 151 Å². The Hall–Kier alpha value is -4.30. The first-order chi connectivity index (χ1) is 20.0. The van der Waals surface area contributed by atoms with Gasteiger partial charge in [-0.25, -0.2) is 0 Å². The molecule has 2 atom stereocenters. The second-order valence-electron chi connectivity index (χ2n) is 11.9. The summed E-state index contributed by atoms with van der Waals surface area (Å²) in [4.78, 5) is 4.95. The van der Waals surface area contributed by atoms with Crippen LogP contribution in [0, 0.1) is 5.92 Å². The predicted molar refractivity (Wildman–Crippen MR) is 176 cm³/mol. The van der Waals surface area contributed by atoms with Gasteiger partial charge in [0.05, 0.1) is 5.54 Å². The normalized spacial score (nSPS) is 21.6. The summed E-state index contributed by atoms with van der Waals surface area (Å²) < 4.78 is 0. The quantitative estimate of drug-likeness (QED) is 0.296. The van der Waals surface area contributed by atoms with E-state index in [4.69, 9.17) is 0 Å². The van der Waals surface area contributed by atoms with Crippen LogP contribution >= 0.6 is 0 Å². The Bertz CT molecular complexity index is 1550. The minimum absolute atomic E-state index is 0.129. The van der Waals surface area contributed by atoms with Gasteiger partial charge in [0.15, 0.2) is 0 Å². The average Bonchev–Trinajstić information content (AvgIpc) is 2.99. The molecule has 0 radical (unpaired) electrons. The smallest absolute Gasteiger partial charge is 0.0645 e. The predicted octanol–water partition coefficient (Wildman–Crippen LogP) is 10.7. The zero-order chi connectivity index (χ0) is 28.2. The number of benzene rings is 3. The van der Waals surface area contributed by atoms with Gasteiger partial charge in [-0.1, -0.05) is 97.5 Å². The number of hydrogen-bond acceptors (Lipinski definition) is 2. The molecule has 3 aliphatic rings. The Balaban J connectivity index is 1.29. The van der Waals surface area contributed by atoms with Crippen molar-refractivity contribution in [2.45, 2.75) is 52.0 Å². The second-order valence-corrected chi connectivity index (χ2v) is 11.9. The minimum atomic E-state index is -0.129. The fourth-order valence-electron chi connectivity index (χ4n) is 6.46. The molecule has 0 saturated heterocycles. The Labute approximate surface area is 246 Å². The summed E-state index contributed by atoms with van der Waals surface area (Å²) in [5.74, 6) is 0.553. The molecule has 0 saturated carbocycles. The van der Waals surface area contributed by atoms with Gasteiger partial charge < -0.3 is 9.80 Å². The van der Waals surface area contributed by atoms with Gasteiger partial charge in [0, 0.05) is 28.5 Å². The molecule has 0 aliphatic heterocycles. The van der Waals surface area contributed by atoms with Crippen molar-refractivity contribution in [1.29, 1.82) is 0 Å². The van der Waals surface area contributed by atoms with Crippen LogP contribution in [-0.2, 0) is 0 Å². The van der Waals surface area contributed by atoms with Gasteiger partial charge >= 0.3 is 0 Å². The van der Waals surface area contributed by atoms with E-state index in [2.05, 4.69) is 164 Å². The number of anilines is 3. The van der Waals surface area contributed by atoms with Crippen LogP contribution in [0.25, 0.3) is 11.1 Å². The molecule has 2 heteroatoms. The number of nitrogens with zero attached hydrogens (tertiary/aromatic N) is 2. The second kappa shape index (κ2) is 11.7. The van der Waals surface area contributed by atoms with Crippen molar-refractivity contribution in [2.24, 2.45) is 5.92 Å². The highest BCUT2D eigenvalue weighted by Gasteiger charge is 2.32. The van der Waals surface area contributed by atoms with E-state index in [-0.39, 0.29) is 5.54 Å². The van der Waals surface area contributed by atoms with Crippen molar-refractivity contribution in [2.75, 3.05) is 9.80 Å². The van der Waals surface area contributed by atoms with E-state index < -0.39 is 0 Å². The fourth-order valence-corrected chi connectivity index (χ4v) is 6.46. The topological polar surface area (TPSA) is 6.48 Å². The highest BCUT2D eigenvalue weighted by atomic mass is 15.2. The number of hydrogen-bond donors (Lipinski definition) is 0. The molecule has 0 aromatic heterocycles. The van der Waals surface area contributed by atoms with Gasteiger partial charge in [-0.3, -0.25) is 0 Å². The summed E-state index contributed by atoms with van der Waals surface area (Å²) in [7, 11) is 0. The van der Waals surface area contributed by atoms with Crippen LogP contribution in [0.5, 0.6) is 0 Å². The Morgan fingerprint density at radius 3 is 2.00 bits per heavy atom. The van der Waals surface area contributed by atoms with E-state index in [9.17, 15) is 0 Å². The molecule has 0 bridgehead atoms. The number of para-hydroxylation sites is 1. The van der Waals surface area contributed by atoms with Gasteiger partial charge in [0.1, 0.15) is 0 Å². The first kappa shape index (κ1) is 26.9. The zero-order valence-corrected chi connectivity index (χ0v) is 24.5. The highest BCUT2D eigenvalue weighted by molar-refractivity contribution is 5.73. The van der Waals surface area contributed by atoms with Crippen LogP contribution in [0.3, 0.4) is 0 Å². The third kappa shape index (κ3) is 5.79. The largest absolute Gasteiger partial charge is 0.332 e. The van der Waals surface area contributed by atoms with Gasteiger partial charge in [0.25, 0.3) is 0 Å². The van der Waals surface area contributed by atoms with E-state index >= 15 is 0 Å². The number of rotatable bonds is 7. The molecule has 3 aliphatic carbocycles. The lowest BCUT2D eigenvalue weighted by Crippen LogP contribution is -2.42. The van der Waals surface area contributed by atoms with Crippen molar-refractivity contribution in [3.63, 3.8) is 0 Å². The monoisotopic (exact) mass is 536 g/mol. The lowest BCUT2D eigenvalue weighted by atomic mass is 9.86. The van der Waals surface area contributed by atoms with Gasteiger partial charge in [-0.2, -0.15) is 0 Å². The van der Waals surface area contributed by atoms with Crippen molar-refractivity contribution in [1.82, 2.24) is 0 Å². The molecule has 41 heavy (non-hydrogen) atoms. The molecular weight excluding hydrogens is 496 g/mol. The SMILES string of the molecule is CC1=CC=CC(C)(N(c2ccccc2)c2ccc(-c3ccc(N(C4=CC=CCC4)C4=CC=CC(C)C4)cc3)cc2)C1. The molecule has 2 nitrogen and oxygen atoms in total. The minimum Gasteiger partial charge on any atom is -0.332 e. The van der Waals surface area contributed by atoms with E-state index in [1.807, 2.05) is 0 Å². The van der Waals surface area contributed by atoms with E-state index in [1.165, 1.54) is 45.2 Å². The standard InChI is InChI=1S/C39H40N2/c1-30-12-10-18-38(28-30)40(34-14-6-4-7-15-34)35-23-19-32(20-24-35)33-21-25-37(26-22-33)41(36-16-8-5-9-17-36)39(3)27-11-13-31(2)29-39/h4-6,8-14,16-27,30H,7,15,28-29H2,1-3H3. The molecule has 0 N–H and O–H groups in total. The maximum Gasteiger partial charge on any atom is 0.0645 e. The maximum absolute atomic E-state index is 2.48. The van der Waals surface area contributed by atoms with Crippen molar-refractivity contribution < 1.29 is 0 Å². The van der Waals surface area contributed by atoms with Crippen molar-refractivity contribution in [3.05, 3.63) is 151 Å². The van der Waals surface area contributed by atoms with Gasteiger partial charge in [-0.05, 0) is 105 Å². The molecule has 2 unspecified atom stereocenters. The third-order valence-electron chi connectivity index (χ3n) is 8.41. The summed E-state index contributed by atoms with van der Waals surface area (Å²) >= 11 is 0. The summed E-state index contributed by atoms with van der Waals surface area (Å²) in [6, 6.07) is 28.9. The summed E-state index contributed by atoms with van der Waals surface area (Å²) in [6.45, 7) is 6.86. The number of allylic oxidation sites excluding steroid dienone is 10. The van der Waals surface area contributed by atoms with Crippen LogP contribution < -0.4 is 9.80 Å². The van der Waals surface area contributed by atoms with Crippen LogP contribution in [0.4, 0.5) is 17.1 Å². The molecule has 6 rings (SSSR count). The lowest BCUT2D eigenvalue weighted by molar-refractivity contribution is 0.554. The fraction of sp³-hybridized carbons (Fsp3) is 0.231. The molecule has 0 spiro atoms. The molecule has 3 aromatic carbocycles. The first-order valence-electron chi connectivity index (χ1n) is 14.9. The molecule has 0 fully saturated rings. The Kier molecular flexibility index (Phi) is 7.65. The first-order valence-corrected chi connectivity index (χ1v) is 14.9.